The standard InChI is InChI=1S/C19H22ClNO/c1-3-18(17-7-5-4-6-14(17)2)21-19(22)13-10-15-8-11-16(20)12-9-15/h4-9,11-12,18H,3,10,13H2,1-2H3,(H,21,22). The second-order valence-corrected chi connectivity index (χ2v) is 5.95. The van der Waals surface area contributed by atoms with E-state index in [2.05, 4.69) is 31.3 Å². The molecule has 22 heavy (non-hydrogen) atoms. The van der Waals surface area contributed by atoms with Crippen molar-refractivity contribution in [2.45, 2.75) is 39.2 Å². The Labute approximate surface area is 137 Å². The summed E-state index contributed by atoms with van der Waals surface area (Å²) in [7, 11) is 0. The van der Waals surface area contributed by atoms with Gasteiger partial charge in [-0.2, -0.15) is 0 Å². The zero-order chi connectivity index (χ0) is 15.9. The first kappa shape index (κ1) is 16.6. The molecule has 1 unspecified atom stereocenters. The molecular formula is C19H22ClNO. The molecule has 0 fully saturated rings. The van der Waals surface area contributed by atoms with Crippen LogP contribution in [0.1, 0.15) is 42.5 Å². The highest BCUT2D eigenvalue weighted by Gasteiger charge is 2.14. The van der Waals surface area contributed by atoms with E-state index in [1.165, 1.54) is 11.1 Å². The molecule has 2 aromatic rings. The third-order valence-electron chi connectivity index (χ3n) is 3.86. The highest BCUT2D eigenvalue weighted by atomic mass is 35.5. The summed E-state index contributed by atoms with van der Waals surface area (Å²) in [5.74, 6) is 0.0880. The van der Waals surface area contributed by atoms with Crippen molar-refractivity contribution in [3.8, 4) is 0 Å². The zero-order valence-corrected chi connectivity index (χ0v) is 13.9. The molecule has 2 aromatic carbocycles. The summed E-state index contributed by atoms with van der Waals surface area (Å²) in [6, 6.07) is 15.9. The molecule has 0 aromatic heterocycles. The van der Waals surface area contributed by atoms with Gasteiger partial charge in [0.05, 0.1) is 6.04 Å². The van der Waals surface area contributed by atoms with Crippen LogP contribution in [0.2, 0.25) is 5.02 Å². The van der Waals surface area contributed by atoms with Gasteiger partial charge < -0.3 is 5.32 Å². The van der Waals surface area contributed by atoms with Crippen LogP contribution in [-0.4, -0.2) is 5.91 Å². The number of hydrogen-bond acceptors (Lipinski definition) is 1. The van der Waals surface area contributed by atoms with E-state index < -0.39 is 0 Å². The van der Waals surface area contributed by atoms with Crippen molar-refractivity contribution < 1.29 is 4.79 Å². The van der Waals surface area contributed by atoms with E-state index in [0.29, 0.717) is 6.42 Å². The summed E-state index contributed by atoms with van der Waals surface area (Å²) >= 11 is 5.87. The van der Waals surface area contributed by atoms with Crippen molar-refractivity contribution >= 4 is 17.5 Å². The number of rotatable bonds is 6. The van der Waals surface area contributed by atoms with E-state index in [0.717, 1.165) is 23.4 Å². The normalized spacial score (nSPS) is 12.0. The monoisotopic (exact) mass is 315 g/mol. The fourth-order valence-corrected chi connectivity index (χ4v) is 2.68. The van der Waals surface area contributed by atoms with Gasteiger partial charge in [-0.25, -0.2) is 0 Å². The van der Waals surface area contributed by atoms with Crippen LogP contribution in [0.5, 0.6) is 0 Å². The largest absolute Gasteiger partial charge is 0.349 e. The van der Waals surface area contributed by atoms with E-state index in [9.17, 15) is 4.79 Å². The van der Waals surface area contributed by atoms with Crippen LogP contribution in [-0.2, 0) is 11.2 Å². The van der Waals surface area contributed by atoms with Crippen molar-refractivity contribution in [3.63, 3.8) is 0 Å². The number of carbonyl (C=O) groups excluding carboxylic acids is 1. The van der Waals surface area contributed by atoms with Crippen LogP contribution in [0.3, 0.4) is 0 Å². The molecule has 3 heteroatoms. The van der Waals surface area contributed by atoms with Gasteiger partial charge in [-0.05, 0) is 48.6 Å². The molecule has 116 valence electrons. The van der Waals surface area contributed by atoms with E-state index >= 15 is 0 Å². The van der Waals surface area contributed by atoms with Gasteiger partial charge in [0.15, 0.2) is 0 Å². The van der Waals surface area contributed by atoms with Gasteiger partial charge in [0, 0.05) is 11.4 Å². The van der Waals surface area contributed by atoms with Crippen molar-refractivity contribution in [3.05, 3.63) is 70.2 Å². The molecule has 0 aliphatic rings. The number of nitrogens with one attached hydrogen (secondary N) is 1. The minimum absolute atomic E-state index is 0.0823. The molecule has 2 nitrogen and oxygen atoms in total. The molecule has 0 saturated heterocycles. The van der Waals surface area contributed by atoms with Crippen LogP contribution in [0, 0.1) is 6.92 Å². The van der Waals surface area contributed by atoms with Gasteiger partial charge in [0.2, 0.25) is 5.91 Å². The van der Waals surface area contributed by atoms with Gasteiger partial charge in [0.25, 0.3) is 0 Å². The van der Waals surface area contributed by atoms with E-state index in [-0.39, 0.29) is 11.9 Å². The van der Waals surface area contributed by atoms with Crippen molar-refractivity contribution in [2.75, 3.05) is 0 Å². The number of carbonyl (C=O) groups is 1. The molecule has 0 saturated carbocycles. The lowest BCUT2D eigenvalue weighted by Crippen LogP contribution is -2.28. The fraction of sp³-hybridized carbons (Fsp3) is 0.316. The molecule has 0 radical (unpaired) electrons. The number of aryl methyl sites for hydroxylation is 2. The predicted molar refractivity (Wildman–Crippen MR) is 92.1 cm³/mol. The Kier molecular flexibility index (Phi) is 6.02. The van der Waals surface area contributed by atoms with Crippen molar-refractivity contribution in [1.29, 1.82) is 0 Å². The summed E-state index contributed by atoms with van der Waals surface area (Å²) < 4.78 is 0. The first-order valence-electron chi connectivity index (χ1n) is 7.69. The maximum absolute atomic E-state index is 12.2. The average molecular weight is 316 g/mol. The summed E-state index contributed by atoms with van der Waals surface area (Å²) in [6.07, 6.45) is 2.11. The quantitative estimate of drug-likeness (QED) is 0.811. The predicted octanol–water partition coefficient (Wildman–Crippen LogP) is 4.85. The van der Waals surface area contributed by atoms with Gasteiger partial charge in [-0.3, -0.25) is 4.79 Å². The minimum Gasteiger partial charge on any atom is -0.349 e. The molecule has 2 rings (SSSR count). The summed E-state index contributed by atoms with van der Waals surface area (Å²) in [5.41, 5.74) is 3.54. The minimum atomic E-state index is 0.0823. The molecule has 0 aliphatic carbocycles. The second-order valence-electron chi connectivity index (χ2n) is 5.51. The van der Waals surface area contributed by atoms with Gasteiger partial charge in [-0.1, -0.05) is 54.9 Å². The van der Waals surface area contributed by atoms with Crippen LogP contribution in [0.15, 0.2) is 48.5 Å². The fourth-order valence-electron chi connectivity index (χ4n) is 2.55. The van der Waals surface area contributed by atoms with E-state index in [1.54, 1.807) is 0 Å². The molecule has 0 spiro atoms. The van der Waals surface area contributed by atoms with Crippen LogP contribution < -0.4 is 5.32 Å². The van der Waals surface area contributed by atoms with Crippen molar-refractivity contribution in [1.82, 2.24) is 5.32 Å². The molecule has 0 aliphatic heterocycles. The molecule has 1 amide bonds. The third kappa shape index (κ3) is 4.60. The highest BCUT2D eigenvalue weighted by molar-refractivity contribution is 6.30. The molecule has 1 N–H and O–H groups in total. The van der Waals surface area contributed by atoms with Gasteiger partial charge in [-0.15, -0.1) is 0 Å². The first-order chi connectivity index (χ1) is 10.6. The third-order valence-corrected chi connectivity index (χ3v) is 4.11. The summed E-state index contributed by atoms with van der Waals surface area (Å²) in [6.45, 7) is 4.18. The van der Waals surface area contributed by atoms with Gasteiger partial charge in [0.1, 0.15) is 0 Å². The summed E-state index contributed by atoms with van der Waals surface area (Å²) in [4.78, 5) is 12.2. The molecular weight excluding hydrogens is 294 g/mol. The van der Waals surface area contributed by atoms with E-state index in [1.807, 2.05) is 36.4 Å². The molecule has 1 atom stereocenters. The Bertz CT molecular complexity index is 622. The number of amides is 1. The maximum atomic E-state index is 12.2. The summed E-state index contributed by atoms with van der Waals surface area (Å²) in [5, 5.41) is 3.86. The Hall–Kier alpha value is -1.80. The lowest BCUT2D eigenvalue weighted by atomic mass is 9.99. The smallest absolute Gasteiger partial charge is 0.220 e. The van der Waals surface area contributed by atoms with Crippen LogP contribution >= 0.6 is 11.6 Å². The number of halogens is 1. The Morgan fingerprint density at radius 2 is 1.82 bits per heavy atom. The average Bonchev–Trinajstić information content (AvgIpc) is 2.53. The molecule has 0 bridgehead atoms. The number of hydrogen-bond donors (Lipinski definition) is 1. The molecule has 0 heterocycles. The maximum Gasteiger partial charge on any atom is 0.220 e. The second kappa shape index (κ2) is 8.00. The Balaban J connectivity index is 1.92. The lowest BCUT2D eigenvalue weighted by molar-refractivity contribution is -0.121. The van der Waals surface area contributed by atoms with Gasteiger partial charge >= 0.3 is 0 Å². The SMILES string of the molecule is CCC(NC(=O)CCc1ccc(Cl)cc1)c1ccccc1C. The first-order valence-corrected chi connectivity index (χ1v) is 8.07. The number of benzene rings is 2. The van der Waals surface area contributed by atoms with E-state index in [4.69, 9.17) is 11.6 Å². The van der Waals surface area contributed by atoms with Crippen molar-refractivity contribution in [2.24, 2.45) is 0 Å². The Morgan fingerprint density at radius 1 is 1.14 bits per heavy atom. The topological polar surface area (TPSA) is 29.1 Å². The van der Waals surface area contributed by atoms with Crippen LogP contribution in [0.4, 0.5) is 0 Å². The zero-order valence-electron chi connectivity index (χ0n) is 13.1. The van der Waals surface area contributed by atoms with Crippen LogP contribution in [0.25, 0.3) is 0 Å². The highest BCUT2D eigenvalue weighted by Crippen LogP contribution is 2.20. The lowest BCUT2D eigenvalue weighted by Gasteiger charge is -2.19. The Morgan fingerprint density at radius 3 is 2.45 bits per heavy atom.